The summed E-state index contributed by atoms with van der Waals surface area (Å²) < 4.78 is 6.56. The fourth-order valence-electron chi connectivity index (χ4n) is 3.62. The van der Waals surface area contributed by atoms with Crippen LogP contribution in [-0.4, -0.2) is 35.9 Å². The largest absolute Gasteiger partial charge is 0.482 e. The van der Waals surface area contributed by atoms with E-state index in [0.717, 1.165) is 10.0 Å². The van der Waals surface area contributed by atoms with Gasteiger partial charge in [0, 0.05) is 34.0 Å². The summed E-state index contributed by atoms with van der Waals surface area (Å²) in [4.78, 5) is 28.6. The Morgan fingerprint density at radius 2 is 1.70 bits per heavy atom. The first kappa shape index (κ1) is 29.3. The van der Waals surface area contributed by atoms with Crippen molar-refractivity contribution < 1.29 is 14.3 Å². The molecule has 5 nitrogen and oxygen atoms in total. The van der Waals surface area contributed by atoms with Gasteiger partial charge in [0.1, 0.15) is 11.8 Å². The molecule has 0 bridgehead atoms. The highest BCUT2D eigenvalue weighted by Crippen LogP contribution is 2.28. The van der Waals surface area contributed by atoms with Crippen LogP contribution >= 0.6 is 50.7 Å². The predicted molar refractivity (Wildman–Crippen MR) is 153 cm³/mol. The number of hydrogen-bond donors (Lipinski definition) is 1. The van der Waals surface area contributed by atoms with Crippen molar-refractivity contribution in [3.8, 4) is 5.75 Å². The Bertz CT molecular complexity index is 1220. The standard InChI is InChI=1S/C28H28BrCl3N2O3/c1-18(2)15-33-28(36)25(12-19-6-4-3-5-7-19)34(16-20-8-10-22(30)14-23(20)31)27(35)17-37-26-11-9-21(29)13-24(26)32/h3-11,13-14,18,25H,12,15-17H2,1-2H3,(H,33,36)/t25-/m1/s1. The summed E-state index contributed by atoms with van der Waals surface area (Å²) in [6.45, 7) is 4.30. The first-order chi connectivity index (χ1) is 17.6. The van der Waals surface area contributed by atoms with Gasteiger partial charge in [-0.1, -0.05) is 101 Å². The Morgan fingerprint density at radius 1 is 0.973 bits per heavy atom. The Hall–Kier alpha value is -2.25. The molecule has 9 heteroatoms. The van der Waals surface area contributed by atoms with E-state index < -0.39 is 6.04 Å². The molecule has 0 unspecified atom stereocenters. The van der Waals surface area contributed by atoms with E-state index in [0.29, 0.717) is 39.3 Å². The summed E-state index contributed by atoms with van der Waals surface area (Å²) in [7, 11) is 0. The van der Waals surface area contributed by atoms with Crippen LogP contribution in [0.3, 0.4) is 0 Å². The van der Waals surface area contributed by atoms with E-state index in [1.54, 1.807) is 36.4 Å². The van der Waals surface area contributed by atoms with E-state index in [4.69, 9.17) is 39.5 Å². The number of benzene rings is 3. The average Bonchev–Trinajstić information content (AvgIpc) is 2.85. The number of rotatable bonds is 11. The highest BCUT2D eigenvalue weighted by Gasteiger charge is 2.31. The van der Waals surface area contributed by atoms with E-state index in [1.807, 2.05) is 44.2 Å². The minimum absolute atomic E-state index is 0.0961. The zero-order chi connectivity index (χ0) is 26.9. The van der Waals surface area contributed by atoms with Crippen molar-refractivity contribution >= 4 is 62.5 Å². The van der Waals surface area contributed by atoms with Crippen molar-refractivity contribution in [1.29, 1.82) is 0 Å². The minimum atomic E-state index is -0.801. The molecule has 0 fully saturated rings. The van der Waals surface area contributed by atoms with Gasteiger partial charge < -0.3 is 15.0 Å². The lowest BCUT2D eigenvalue weighted by Gasteiger charge is -2.32. The quantitative estimate of drug-likeness (QED) is 0.245. The molecule has 196 valence electrons. The maximum atomic E-state index is 13.7. The molecule has 3 aromatic carbocycles. The minimum Gasteiger partial charge on any atom is -0.482 e. The number of carbonyl (C=O) groups is 2. The van der Waals surface area contributed by atoms with Gasteiger partial charge in [-0.25, -0.2) is 0 Å². The smallest absolute Gasteiger partial charge is 0.261 e. The summed E-state index contributed by atoms with van der Waals surface area (Å²) in [6, 6.07) is 19.0. The van der Waals surface area contributed by atoms with E-state index in [9.17, 15) is 9.59 Å². The highest BCUT2D eigenvalue weighted by molar-refractivity contribution is 9.10. The van der Waals surface area contributed by atoms with Crippen LogP contribution in [0, 0.1) is 5.92 Å². The zero-order valence-corrected chi connectivity index (χ0v) is 24.4. The van der Waals surface area contributed by atoms with Crippen molar-refractivity contribution in [2.75, 3.05) is 13.2 Å². The highest BCUT2D eigenvalue weighted by atomic mass is 79.9. The maximum Gasteiger partial charge on any atom is 0.261 e. The third-order valence-electron chi connectivity index (χ3n) is 5.56. The molecule has 2 amide bonds. The monoisotopic (exact) mass is 624 g/mol. The van der Waals surface area contributed by atoms with Crippen LogP contribution in [-0.2, 0) is 22.6 Å². The van der Waals surface area contributed by atoms with Crippen LogP contribution < -0.4 is 10.1 Å². The van der Waals surface area contributed by atoms with Gasteiger partial charge in [0.2, 0.25) is 5.91 Å². The molecule has 37 heavy (non-hydrogen) atoms. The second-order valence-electron chi connectivity index (χ2n) is 8.97. The third kappa shape index (κ3) is 8.92. The van der Waals surface area contributed by atoms with Crippen molar-refractivity contribution in [3.63, 3.8) is 0 Å². The molecule has 0 aliphatic carbocycles. The van der Waals surface area contributed by atoms with Gasteiger partial charge in [0.15, 0.2) is 6.61 Å². The molecular formula is C28H28BrCl3N2O3. The third-order valence-corrected chi connectivity index (χ3v) is 6.93. The normalized spacial score (nSPS) is 11.8. The Morgan fingerprint density at radius 3 is 2.35 bits per heavy atom. The van der Waals surface area contributed by atoms with Crippen molar-refractivity contribution in [2.24, 2.45) is 5.92 Å². The molecule has 0 heterocycles. The number of amides is 2. The van der Waals surface area contributed by atoms with Gasteiger partial charge in [-0.2, -0.15) is 0 Å². The van der Waals surface area contributed by atoms with E-state index in [-0.39, 0.29) is 30.9 Å². The van der Waals surface area contributed by atoms with Crippen LogP contribution in [0.15, 0.2) is 71.2 Å². The number of hydrogen-bond acceptors (Lipinski definition) is 3. The lowest BCUT2D eigenvalue weighted by atomic mass is 10.0. The fourth-order valence-corrected chi connectivity index (χ4v) is 4.82. The Balaban J connectivity index is 1.94. The number of nitrogens with zero attached hydrogens (tertiary/aromatic N) is 1. The lowest BCUT2D eigenvalue weighted by molar-refractivity contribution is -0.142. The first-order valence-corrected chi connectivity index (χ1v) is 13.7. The number of halogens is 4. The van der Waals surface area contributed by atoms with Crippen molar-refractivity contribution in [2.45, 2.75) is 32.9 Å². The van der Waals surface area contributed by atoms with E-state index in [2.05, 4.69) is 21.2 Å². The zero-order valence-electron chi connectivity index (χ0n) is 20.5. The second kappa shape index (κ2) is 14.1. The summed E-state index contributed by atoms with van der Waals surface area (Å²) in [5.74, 6) is -0.0195. The summed E-state index contributed by atoms with van der Waals surface area (Å²) >= 11 is 22.2. The van der Waals surface area contributed by atoms with Gasteiger partial charge in [-0.3, -0.25) is 9.59 Å². The average molecular weight is 627 g/mol. The fraction of sp³-hybridized carbons (Fsp3) is 0.286. The summed E-state index contributed by atoms with van der Waals surface area (Å²) in [6.07, 6.45) is 0.320. The molecule has 0 saturated heterocycles. The molecule has 0 radical (unpaired) electrons. The van der Waals surface area contributed by atoms with Crippen LogP contribution in [0.5, 0.6) is 5.75 Å². The van der Waals surface area contributed by atoms with Crippen LogP contribution in [0.4, 0.5) is 0 Å². The molecule has 1 N–H and O–H groups in total. The van der Waals surface area contributed by atoms with Crippen molar-refractivity contribution in [3.05, 3.63) is 97.4 Å². The molecule has 3 rings (SSSR count). The maximum absolute atomic E-state index is 13.7. The van der Waals surface area contributed by atoms with Crippen LogP contribution in [0.2, 0.25) is 15.1 Å². The molecular weight excluding hydrogens is 599 g/mol. The van der Waals surface area contributed by atoms with Gasteiger partial charge in [-0.05, 0) is 47.4 Å². The van der Waals surface area contributed by atoms with Gasteiger partial charge in [0.25, 0.3) is 5.91 Å². The Labute approximate surface area is 241 Å². The molecule has 1 atom stereocenters. The Kier molecular flexibility index (Phi) is 11.1. The summed E-state index contributed by atoms with van der Waals surface area (Å²) in [5, 5.41) is 4.24. The number of ether oxygens (including phenoxy) is 1. The molecule has 0 aliphatic heterocycles. The molecule has 0 aromatic heterocycles. The van der Waals surface area contributed by atoms with E-state index >= 15 is 0 Å². The van der Waals surface area contributed by atoms with Crippen LogP contribution in [0.1, 0.15) is 25.0 Å². The first-order valence-electron chi connectivity index (χ1n) is 11.8. The SMILES string of the molecule is CC(C)CNC(=O)[C@@H](Cc1ccccc1)N(Cc1ccc(Cl)cc1Cl)C(=O)COc1ccc(Br)cc1Cl. The topological polar surface area (TPSA) is 58.6 Å². The lowest BCUT2D eigenvalue weighted by Crippen LogP contribution is -2.52. The van der Waals surface area contributed by atoms with Gasteiger partial charge in [-0.15, -0.1) is 0 Å². The molecule has 3 aromatic rings. The van der Waals surface area contributed by atoms with Crippen LogP contribution in [0.25, 0.3) is 0 Å². The molecule has 0 spiro atoms. The summed E-state index contributed by atoms with van der Waals surface area (Å²) in [5.41, 5.74) is 1.58. The van der Waals surface area contributed by atoms with Gasteiger partial charge >= 0.3 is 0 Å². The molecule has 0 aliphatic rings. The number of nitrogens with one attached hydrogen (secondary N) is 1. The van der Waals surface area contributed by atoms with Crippen molar-refractivity contribution in [1.82, 2.24) is 10.2 Å². The number of carbonyl (C=O) groups excluding carboxylic acids is 2. The van der Waals surface area contributed by atoms with E-state index in [1.165, 1.54) is 4.90 Å². The predicted octanol–water partition coefficient (Wildman–Crippen LogP) is 7.20. The van der Waals surface area contributed by atoms with Gasteiger partial charge in [0.05, 0.1) is 5.02 Å². The second-order valence-corrected chi connectivity index (χ2v) is 11.1. The molecule has 0 saturated carbocycles.